The molecule has 1 atom stereocenters. The summed E-state index contributed by atoms with van der Waals surface area (Å²) in [7, 11) is 0. The topological polar surface area (TPSA) is 67.2 Å². The van der Waals surface area contributed by atoms with E-state index < -0.39 is 0 Å². The van der Waals surface area contributed by atoms with E-state index >= 15 is 0 Å². The minimum atomic E-state index is -0.274. The van der Waals surface area contributed by atoms with Crippen LogP contribution in [0.15, 0.2) is 28.7 Å². The summed E-state index contributed by atoms with van der Waals surface area (Å²) < 4.78 is 18.4. The molecule has 0 spiro atoms. The predicted molar refractivity (Wildman–Crippen MR) is 90.1 cm³/mol. The van der Waals surface area contributed by atoms with Gasteiger partial charge in [-0.05, 0) is 43.9 Å². The van der Waals surface area contributed by atoms with Crippen molar-refractivity contribution >= 4 is 6.03 Å². The molecule has 0 aliphatic heterocycles. The number of amides is 2. The maximum Gasteiger partial charge on any atom is 0.315 e. The molecule has 2 aromatic rings. The molecule has 2 rings (SSSR count). The van der Waals surface area contributed by atoms with Crippen molar-refractivity contribution in [3.63, 3.8) is 0 Å². The second-order valence-corrected chi connectivity index (χ2v) is 6.26. The van der Waals surface area contributed by atoms with E-state index in [1.54, 1.807) is 12.1 Å². The molecule has 0 saturated heterocycles. The molecular formula is C18H24FN3O2. The molecule has 0 saturated carbocycles. The van der Waals surface area contributed by atoms with Gasteiger partial charge in [-0.15, -0.1) is 0 Å². The lowest BCUT2D eigenvalue weighted by Gasteiger charge is -2.22. The first kappa shape index (κ1) is 18.0. The van der Waals surface area contributed by atoms with Crippen LogP contribution in [0.25, 0.3) is 0 Å². The van der Waals surface area contributed by atoms with Crippen molar-refractivity contribution in [2.45, 2.75) is 46.7 Å². The quantitative estimate of drug-likeness (QED) is 0.850. The van der Waals surface area contributed by atoms with E-state index in [0.717, 1.165) is 17.0 Å². The average molecular weight is 333 g/mol. The van der Waals surface area contributed by atoms with Gasteiger partial charge in [-0.25, -0.2) is 14.2 Å². The minimum Gasteiger partial charge on any atom is -0.444 e. The van der Waals surface area contributed by atoms with Crippen molar-refractivity contribution < 1.29 is 13.6 Å². The number of oxazole rings is 1. The van der Waals surface area contributed by atoms with Crippen LogP contribution in [0.4, 0.5) is 9.18 Å². The van der Waals surface area contributed by atoms with Crippen LogP contribution in [0, 0.1) is 25.6 Å². The predicted octanol–water partition coefficient (Wildman–Crippen LogP) is 3.50. The van der Waals surface area contributed by atoms with E-state index in [2.05, 4.69) is 15.6 Å². The molecule has 1 aromatic carbocycles. The van der Waals surface area contributed by atoms with Crippen LogP contribution in [0.2, 0.25) is 0 Å². The van der Waals surface area contributed by atoms with Gasteiger partial charge in [-0.1, -0.05) is 26.0 Å². The highest BCUT2D eigenvalue weighted by Gasteiger charge is 2.17. The van der Waals surface area contributed by atoms with Crippen LogP contribution in [-0.2, 0) is 13.0 Å². The highest BCUT2D eigenvalue weighted by Crippen LogP contribution is 2.12. The van der Waals surface area contributed by atoms with Crippen LogP contribution in [0.1, 0.15) is 36.8 Å². The largest absolute Gasteiger partial charge is 0.444 e. The minimum absolute atomic E-state index is 0.0523. The summed E-state index contributed by atoms with van der Waals surface area (Å²) >= 11 is 0. The number of carbonyl (C=O) groups is 1. The van der Waals surface area contributed by atoms with E-state index in [-0.39, 0.29) is 30.4 Å². The van der Waals surface area contributed by atoms with Crippen LogP contribution < -0.4 is 10.6 Å². The van der Waals surface area contributed by atoms with E-state index in [9.17, 15) is 9.18 Å². The summed E-state index contributed by atoms with van der Waals surface area (Å²) in [5, 5.41) is 5.71. The van der Waals surface area contributed by atoms with Gasteiger partial charge >= 0.3 is 6.03 Å². The van der Waals surface area contributed by atoms with Crippen molar-refractivity contribution in [2.75, 3.05) is 0 Å². The van der Waals surface area contributed by atoms with Gasteiger partial charge in [0.1, 0.15) is 11.6 Å². The molecule has 1 aromatic heterocycles. The van der Waals surface area contributed by atoms with Crippen LogP contribution in [-0.4, -0.2) is 17.1 Å². The fourth-order valence-electron chi connectivity index (χ4n) is 2.32. The Bertz CT molecular complexity index is 661. The number of hydrogen-bond donors (Lipinski definition) is 2. The molecule has 0 fully saturated rings. The number of aryl methyl sites for hydroxylation is 2. The van der Waals surface area contributed by atoms with Crippen molar-refractivity contribution in [1.29, 1.82) is 0 Å². The molecule has 0 aliphatic carbocycles. The zero-order valence-corrected chi connectivity index (χ0v) is 14.5. The molecule has 0 aliphatic rings. The first-order valence-electron chi connectivity index (χ1n) is 8.07. The Balaban J connectivity index is 1.89. The summed E-state index contributed by atoms with van der Waals surface area (Å²) in [5.74, 6) is 1.22. The van der Waals surface area contributed by atoms with Gasteiger partial charge in [0.2, 0.25) is 5.89 Å². The third-order valence-electron chi connectivity index (χ3n) is 3.96. The van der Waals surface area contributed by atoms with Gasteiger partial charge in [-0.2, -0.15) is 0 Å². The summed E-state index contributed by atoms with van der Waals surface area (Å²) in [4.78, 5) is 16.3. The Hall–Kier alpha value is -2.37. The molecule has 5 nitrogen and oxygen atoms in total. The molecule has 1 heterocycles. The molecule has 130 valence electrons. The number of hydrogen-bond acceptors (Lipinski definition) is 3. The number of urea groups is 1. The number of nitrogens with zero attached hydrogens (tertiary/aromatic N) is 1. The van der Waals surface area contributed by atoms with Gasteiger partial charge in [0, 0.05) is 6.04 Å². The Morgan fingerprint density at radius 3 is 2.46 bits per heavy atom. The van der Waals surface area contributed by atoms with E-state index in [1.807, 2.05) is 27.7 Å². The first-order valence-corrected chi connectivity index (χ1v) is 8.07. The van der Waals surface area contributed by atoms with Crippen LogP contribution in [0.3, 0.4) is 0 Å². The molecule has 2 N–H and O–H groups in total. The summed E-state index contributed by atoms with van der Waals surface area (Å²) in [5.41, 5.74) is 1.80. The number of aromatic nitrogens is 1. The first-order chi connectivity index (χ1) is 11.3. The molecule has 6 heteroatoms. The second kappa shape index (κ2) is 7.95. The van der Waals surface area contributed by atoms with E-state index in [1.165, 1.54) is 12.1 Å². The molecule has 2 amide bonds. The third kappa shape index (κ3) is 5.08. The fraction of sp³-hybridized carbons (Fsp3) is 0.444. The maximum atomic E-state index is 13.0. The number of rotatable bonds is 6. The monoisotopic (exact) mass is 333 g/mol. The standard InChI is InChI=1S/C18H24FN3O2/c1-11(2)16(9-14-5-7-15(19)8-6-14)22-18(23)20-10-17-21-12(3)13(4)24-17/h5-8,11,16H,9-10H2,1-4H3,(H2,20,22,23)/t16-/m0/s1. The zero-order valence-electron chi connectivity index (χ0n) is 14.5. The summed E-state index contributed by atoms with van der Waals surface area (Å²) in [6.45, 7) is 8.01. The summed E-state index contributed by atoms with van der Waals surface area (Å²) in [6, 6.07) is 6.01. The Morgan fingerprint density at radius 1 is 1.25 bits per heavy atom. The van der Waals surface area contributed by atoms with Crippen LogP contribution >= 0.6 is 0 Å². The highest BCUT2D eigenvalue weighted by molar-refractivity contribution is 5.74. The number of carbonyl (C=O) groups excluding carboxylic acids is 1. The molecular weight excluding hydrogens is 309 g/mol. The number of benzene rings is 1. The molecule has 0 bridgehead atoms. The molecule has 24 heavy (non-hydrogen) atoms. The lowest BCUT2D eigenvalue weighted by atomic mass is 9.96. The maximum absolute atomic E-state index is 13.0. The number of nitrogens with one attached hydrogen (secondary N) is 2. The van der Waals surface area contributed by atoms with Crippen molar-refractivity contribution in [3.05, 3.63) is 53.0 Å². The lowest BCUT2D eigenvalue weighted by Crippen LogP contribution is -2.45. The molecule has 0 unspecified atom stereocenters. The van der Waals surface area contributed by atoms with E-state index in [0.29, 0.717) is 12.3 Å². The average Bonchev–Trinajstić information content (AvgIpc) is 2.85. The highest BCUT2D eigenvalue weighted by atomic mass is 19.1. The zero-order chi connectivity index (χ0) is 17.7. The van der Waals surface area contributed by atoms with Gasteiger partial charge < -0.3 is 15.1 Å². The SMILES string of the molecule is Cc1nc(CNC(=O)N[C@@H](Cc2ccc(F)cc2)C(C)C)oc1C. The smallest absolute Gasteiger partial charge is 0.315 e. The Kier molecular flexibility index (Phi) is 5.95. The van der Waals surface area contributed by atoms with Gasteiger partial charge in [0.25, 0.3) is 0 Å². The third-order valence-corrected chi connectivity index (χ3v) is 3.96. The van der Waals surface area contributed by atoms with Gasteiger partial charge in [0.15, 0.2) is 0 Å². The number of halogens is 1. The molecule has 0 radical (unpaired) electrons. The van der Waals surface area contributed by atoms with Crippen molar-refractivity contribution in [1.82, 2.24) is 15.6 Å². The summed E-state index contributed by atoms with van der Waals surface area (Å²) in [6.07, 6.45) is 0.641. The van der Waals surface area contributed by atoms with Crippen molar-refractivity contribution in [3.8, 4) is 0 Å². The Morgan fingerprint density at radius 2 is 1.92 bits per heavy atom. The fourth-order valence-corrected chi connectivity index (χ4v) is 2.32. The van der Waals surface area contributed by atoms with Gasteiger partial charge in [-0.3, -0.25) is 0 Å². The van der Waals surface area contributed by atoms with Gasteiger partial charge in [0.05, 0.1) is 12.2 Å². The van der Waals surface area contributed by atoms with E-state index in [4.69, 9.17) is 4.42 Å². The lowest BCUT2D eigenvalue weighted by molar-refractivity contribution is 0.231. The normalized spacial score (nSPS) is 12.2. The van der Waals surface area contributed by atoms with Crippen molar-refractivity contribution in [2.24, 2.45) is 5.92 Å². The van der Waals surface area contributed by atoms with Crippen LogP contribution in [0.5, 0.6) is 0 Å². The Labute approximate surface area is 141 Å². The second-order valence-electron chi connectivity index (χ2n) is 6.26.